The molecule has 1 saturated heterocycles. The molecule has 1 aliphatic rings. The van der Waals surface area contributed by atoms with Crippen LogP contribution in [0.5, 0.6) is 5.75 Å². The van der Waals surface area contributed by atoms with Crippen molar-refractivity contribution in [2.45, 2.75) is 19.1 Å². The molecule has 116 valence electrons. The highest BCUT2D eigenvalue weighted by atomic mass is 35.5. The van der Waals surface area contributed by atoms with E-state index in [0.717, 1.165) is 0 Å². The van der Waals surface area contributed by atoms with Gasteiger partial charge in [-0.25, -0.2) is 0 Å². The molecule has 2 N–H and O–H groups in total. The van der Waals surface area contributed by atoms with Crippen molar-refractivity contribution in [3.05, 3.63) is 36.9 Å². The maximum Gasteiger partial charge on any atom is 0.244 e. The molecule has 1 amide bonds. The van der Waals surface area contributed by atoms with Crippen molar-refractivity contribution >= 4 is 24.0 Å². The molecule has 1 aromatic rings. The van der Waals surface area contributed by atoms with Crippen molar-refractivity contribution in [1.29, 1.82) is 0 Å². The minimum atomic E-state index is -0.332. The summed E-state index contributed by atoms with van der Waals surface area (Å²) in [5, 5.41) is 6.03. The number of morpholine rings is 1. The third kappa shape index (κ3) is 5.04. The van der Waals surface area contributed by atoms with Gasteiger partial charge in [0.2, 0.25) is 5.91 Å². The van der Waals surface area contributed by atoms with Crippen molar-refractivity contribution in [2.24, 2.45) is 0 Å². The molecule has 2 rings (SSSR count). The number of carbonyl (C=O) groups excluding carboxylic acids is 1. The largest absolute Gasteiger partial charge is 0.489 e. The quantitative estimate of drug-likeness (QED) is 0.816. The Morgan fingerprint density at radius 1 is 1.62 bits per heavy atom. The van der Waals surface area contributed by atoms with Crippen LogP contribution in [0.4, 0.5) is 5.69 Å². The molecule has 1 fully saturated rings. The lowest BCUT2D eigenvalue weighted by Crippen LogP contribution is -2.53. The van der Waals surface area contributed by atoms with E-state index >= 15 is 0 Å². The highest BCUT2D eigenvalue weighted by Gasteiger charge is 2.28. The van der Waals surface area contributed by atoms with Crippen LogP contribution in [0.1, 0.15) is 6.92 Å². The topological polar surface area (TPSA) is 59.6 Å². The number of rotatable bonds is 5. The monoisotopic (exact) mass is 312 g/mol. The van der Waals surface area contributed by atoms with Crippen LogP contribution in [-0.2, 0) is 9.53 Å². The maximum atomic E-state index is 12.2. The summed E-state index contributed by atoms with van der Waals surface area (Å²) in [5.74, 6) is 0.599. The number of ether oxygens (including phenoxy) is 2. The van der Waals surface area contributed by atoms with Gasteiger partial charge in [-0.1, -0.05) is 18.7 Å². The van der Waals surface area contributed by atoms with E-state index in [9.17, 15) is 4.79 Å². The van der Waals surface area contributed by atoms with Crippen LogP contribution in [0.25, 0.3) is 0 Å². The van der Waals surface area contributed by atoms with E-state index < -0.39 is 0 Å². The number of benzene rings is 1. The molecule has 0 aromatic heterocycles. The highest BCUT2D eigenvalue weighted by molar-refractivity contribution is 5.95. The number of anilines is 1. The van der Waals surface area contributed by atoms with E-state index in [1.165, 1.54) is 0 Å². The van der Waals surface area contributed by atoms with Gasteiger partial charge in [-0.3, -0.25) is 4.79 Å². The van der Waals surface area contributed by atoms with Crippen molar-refractivity contribution < 1.29 is 14.3 Å². The summed E-state index contributed by atoms with van der Waals surface area (Å²) in [4.78, 5) is 12.2. The van der Waals surface area contributed by atoms with Gasteiger partial charge >= 0.3 is 0 Å². The Bertz CT molecular complexity index is 482. The Kier molecular flexibility index (Phi) is 7.22. The third-order valence-corrected chi connectivity index (χ3v) is 3.07. The lowest BCUT2D eigenvalue weighted by Gasteiger charge is -2.29. The predicted molar refractivity (Wildman–Crippen MR) is 85.2 cm³/mol. The van der Waals surface area contributed by atoms with Gasteiger partial charge in [0.05, 0.1) is 12.7 Å². The number of amides is 1. The fourth-order valence-corrected chi connectivity index (χ4v) is 2.07. The predicted octanol–water partition coefficient (Wildman–Crippen LogP) is 1.99. The Hall–Kier alpha value is -1.56. The SMILES string of the molecule is C=CCOc1cccc(NC(=O)[C@H]2NCCO[C@@H]2C)c1.Cl. The fourth-order valence-electron chi connectivity index (χ4n) is 2.07. The zero-order valence-electron chi connectivity index (χ0n) is 12.0. The number of hydrogen-bond acceptors (Lipinski definition) is 4. The first-order valence-corrected chi connectivity index (χ1v) is 6.70. The van der Waals surface area contributed by atoms with Crippen LogP contribution < -0.4 is 15.4 Å². The molecule has 0 radical (unpaired) electrons. The maximum absolute atomic E-state index is 12.2. The van der Waals surface area contributed by atoms with Crippen molar-refractivity contribution in [2.75, 3.05) is 25.1 Å². The molecule has 0 spiro atoms. The Morgan fingerprint density at radius 3 is 3.14 bits per heavy atom. The van der Waals surface area contributed by atoms with Crippen LogP contribution in [0.15, 0.2) is 36.9 Å². The molecule has 1 aliphatic heterocycles. The van der Waals surface area contributed by atoms with E-state index in [1.54, 1.807) is 12.1 Å². The van der Waals surface area contributed by atoms with Crippen LogP contribution in [0.3, 0.4) is 0 Å². The fraction of sp³-hybridized carbons (Fsp3) is 0.400. The summed E-state index contributed by atoms with van der Waals surface area (Å²) in [6.07, 6.45) is 1.54. The average Bonchev–Trinajstić information content (AvgIpc) is 2.46. The molecule has 2 atom stereocenters. The van der Waals surface area contributed by atoms with E-state index in [2.05, 4.69) is 17.2 Å². The Labute approximate surface area is 131 Å². The van der Waals surface area contributed by atoms with Crippen LogP contribution >= 0.6 is 12.4 Å². The zero-order valence-corrected chi connectivity index (χ0v) is 12.8. The number of halogens is 1. The molecular weight excluding hydrogens is 292 g/mol. The van der Waals surface area contributed by atoms with Gasteiger partial charge in [-0.05, 0) is 19.1 Å². The molecule has 0 unspecified atom stereocenters. The summed E-state index contributed by atoms with van der Waals surface area (Å²) in [7, 11) is 0. The molecule has 6 heteroatoms. The number of carbonyl (C=O) groups is 1. The lowest BCUT2D eigenvalue weighted by atomic mass is 10.1. The molecule has 5 nitrogen and oxygen atoms in total. The van der Waals surface area contributed by atoms with Gasteiger partial charge in [0.25, 0.3) is 0 Å². The summed E-state index contributed by atoms with van der Waals surface area (Å²) >= 11 is 0. The second-order valence-electron chi connectivity index (χ2n) is 4.62. The number of hydrogen-bond donors (Lipinski definition) is 2. The number of nitrogens with one attached hydrogen (secondary N) is 2. The third-order valence-electron chi connectivity index (χ3n) is 3.07. The van der Waals surface area contributed by atoms with Crippen LogP contribution in [-0.4, -0.2) is 37.8 Å². The molecule has 0 aliphatic carbocycles. The van der Waals surface area contributed by atoms with Crippen molar-refractivity contribution in [3.8, 4) is 5.75 Å². The summed E-state index contributed by atoms with van der Waals surface area (Å²) in [5.41, 5.74) is 0.705. The van der Waals surface area contributed by atoms with Gasteiger partial charge in [-0.2, -0.15) is 0 Å². The van der Waals surface area contributed by atoms with E-state index in [4.69, 9.17) is 9.47 Å². The zero-order chi connectivity index (χ0) is 14.4. The summed E-state index contributed by atoms with van der Waals surface area (Å²) < 4.78 is 10.9. The molecule has 1 heterocycles. The van der Waals surface area contributed by atoms with Crippen molar-refractivity contribution in [3.63, 3.8) is 0 Å². The first-order chi connectivity index (χ1) is 9.70. The van der Waals surface area contributed by atoms with Crippen LogP contribution in [0.2, 0.25) is 0 Å². The van der Waals surface area contributed by atoms with E-state index in [1.807, 2.05) is 25.1 Å². The van der Waals surface area contributed by atoms with Gasteiger partial charge in [0.1, 0.15) is 18.4 Å². The molecule has 0 bridgehead atoms. The molecule has 21 heavy (non-hydrogen) atoms. The second kappa shape index (κ2) is 8.67. The molecule has 0 saturated carbocycles. The normalized spacial score (nSPS) is 21.0. The Balaban J connectivity index is 0.00000220. The summed E-state index contributed by atoms with van der Waals surface area (Å²) in [6, 6.07) is 6.95. The summed E-state index contributed by atoms with van der Waals surface area (Å²) in [6.45, 7) is 7.25. The first kappa shape index (κ1) is 17.5. The minimum absolute atomic E-state index is 0. The first-order valence-electron chi connectivity index (χ1n) is 6.70. The average molecular weight is 313 g/mol. The van der Waals surface area contributed by atoms with Gasteiger partial charge in [0, 0.05) is 18.3 Å². The molecule has 1 aromatic carbocycles. The van der Waals surface area contributed by atoms with E-state index in [0.29, 0.717) is 31.2 Å². The smallest absolute Gasteiger partial charge is 0.244 e. The minimum Gasteiger partial charge on any atom is -0.489 e. The van der Waals surface area contributed by atoms with Gasteiger partial charge < -0.3 is 20.1 Å². The Morgan fingerprint density at radius 2 is 2.43 bits per heavy atom. The van der Waals surface area contributed by atoms with E-state index in [-0.39, 0.29) is 30.5 Å². The van der Waals surface area contributed by atoms with Gasteiger partial charge in [-0.15, -0.1) is 12.4 Å². The lowest BCUT2D eigenvalue weighted by molar-refractivity contribution is -0.123. The molecular formula is C15H21ClN2O3. The van der Waals surface area contributed by atoms with Crippen molar-refractivity contribution in [1.82, 2.24) is 5.32 Å². The van der Waals surface area contributed by atoms with Crippen LogP contribution in [0, 0.1) is 0 Å². The highest BCUT2D eigenvalue weighted by Crippen LogP contribution is 2.18. The second-order valence-corrected chi connectivity index (χ2v) is 4.62. The standard InChI is InChI=1S/C15H20N2O3.ClH/c1-3-8-20-13-6-4-5-12(10-13)17-15(18)14-11(2)19-9-7-16-14;/h3-6,10-11,14,16H,1,7-9H2,2H3,(H,17,18);1H/t11-,14+;/m1./s1. The van der Waals surface area contributed by atoms with Gasteiger partial charge in [0.15, 0.2) is 0 Å².